The van der Waals surface area contributed by atoms with E-state index in [2.05, 4.69) is 42.1 Å². The van der Waals surface area contributed by atoms with E-state index in [0.29, 0.717) is 5.88 Å². The highest BCUT2D eigenvalue weighted by Gasteiger charge is 2.21. The molecular formula is C26H32FN6O+. The van der Waals surface area contributed by atoms with E-state index in [1.54, 1.807) is 19.2 Å². The van der Waals surface area contributed by atoms with Crippen LogP contribution in [-0.4, -0.2) is 18.6 Å². The van der Waals surface area contributed by atoms with Crippen molar-refractivity contribution in [2.45, 2.75) is 33.2 Å². The summed E-state index contributed by atoms with van der Waals surface area (Å²) in [6.07, 6.45) is 9.06. The number of pyridine rings is 1. The van der Waals surface area contributed by atoms with Gasteiger partial charge in [0.1, 0.15) is 17.2 Å². The van der Waals surface area contributed by atoms with Gasteiger partial charge in [0.2, 0.25) is 5.88 Å². The first-order chi connectivity index (χ1) is 16.5. The molecule has 2 aromatic rings. The van der Waals surface area contributed by atoms with Gasteiger partial charge in [0.25, 0.3) is 0 Å². The Kier molecular flexibility index (Phi) is 7.18. The van der Waals surface area contributed by atoms with Crippen LogP contribution in [0.5, 0.6) is 5.88 Å². The number of nitrogens with two attached hydrogens (primary N) is 1. The van der Waals surface area contributed by atoms with Crippen LogP contribution in [0.15, 0.2) is 78.0 Å². The Morgan fingerprint density at radius 2 is 2.03 bits per heavy atom. The fourth-order valence-electron chi connectivity index (χ4n) is 3.93. The quantitative estimate of drug-likeness (QED) is 0.472. The number of benzene rings is 1. The SMILES string of the molecule is CCC1=C(NC(C)c2ccc(F)cc2)N[NH2+]C(c2ccc(N3C=CCNC(C)=C3)c(OC)n2)=C1. The second-order valence-corrected chi connectivity index (χ2v) is 8.27. The van der Waals surface area contributed by atoms with Crippen molar-refractivity contribution in [1.29, 1.82) is 0 Å². The van der Waals surface area contributed by atoms with E-state index in [1.807, 2.05) is 41.8 Å². The maximum atomic E-state index is 13.3. The Hall–Kier alpha value is -3.78. The second-order valence-electron chi connectivity index (χ2n) is 8.27. The largest absolute Gasteiger partial charge is 0.479 e. The Morgan fingerprint density at radius 1 is 1.24 bits per heavy atom. The third kappa shape index (κ3) is 5.23. The number of rotatable bonds is 7. The lowest BCUT2D eigenvalue weighted by Crippen LogP contribution is -2.91. The average molecular weight is 464 g/mol. The zero-order valence-corrected chi connectivity index (χ0v) is 20.0. The molecule has 0 aliphatic carbocycles. The van der Waals surface area contributed by atoms with Gasteiger partial charge >= 0.3 is 0 Å². The molecule has 1 aromatic carbocycles. The summed E-state index contributed by atoms with van der Waals surface area (Å²) in [7, 11) is 1.64. The molecule has 0 radical (unpaired) electrons. The van der Waals surface area contributed by atoms with Crippen molar-refractivity contribution in [2.75, 3.05) is 18.6 Å². The minimum absolute atomic E-state index is 0.0261. The van der Waals surface area contributed by atoms with E-state index in [-0.39, 0.29) is 11.9 Å². The summed E-state index contributed by atoms with van der Waals surface area (Å²) in [4.78, 5) is 6.80. The fourth-order valence-corrected chi connectivity index (χ4v) is 3.93. The number of ether oxygens (including phenoxy) is 1. The minimum atomic E-state index is -0.232. The molecule has 0 bridgehead atoms. The smallest absolute Gasteiger partial charge is 0.238 e. The van der Waals surface area contributed by atoms with Gasteiger partial charge in [-0.3, -0.25) is 0 Å². The first-order valence-electron chi connectivity index (χ1n) is 11.5. The monoisotopic (exact) mass is 463 g/mol. The van der Waals surface area contributed by atoms with Crippen LogP contribution in [0.3, 0.4) is 0 Å². The van der Waals surface area contributed by atoms with Crippen molar-refractivity contribution in [3.05, 3.63) is 95.1 Å². The van der Waals surface area contributed by atoms with Crippen LogP contribution < -0.4 is 31.1 Å². The molecule has 0 amide bonds. The maximum Gasteiger partial charge on any atom is 0.238 e. The van der Waals surface area contributed by atoms with Crippen LogP contribution in [0.4, 0.5) is 10.1 Å². The number of halogens is 1. The molecule has 178 valence electrons. The normalized spacial score (nSPS) is 16.7. The molecule has 4 rings (SSSR count). The molecule has 0 saturated heterocycles. The molecule has 0 spiro atoms. The predicted molar refractivity (Wildman–Crippen MR) is 132 cm³/mol. The fraction of sp³-hybridized carbons (Fsp3) is 0.269. The molecule has 2 aliphatic rings. The van der Waals surface area contributed by atoms with Gasteiger partial charge in [-0.1, -0.05) is 19.1 Å². The van der Waals surface area contributed by atoms with Crippen molar-refractivity contribution in [3.63, 3.8) is 0 Å². The maximum absolute atomic E-state index is 13.3. The van der Waals surface area contributed by atoms with Crippen molar-refractivity contribution in [2.24, 2.45) is 0 Å². The van der Waals surface area contributed by atoms with Gasteiger partial charge in [-0.25, -0.2) is 20.2 Å². The van der Waals surface area contributed by atoms with Crippen LogP contribution in [0.1, 0.15) is 44.5 Å². The van der Waals surface area contributed by atoms with E-state index in [0.717, 1.165) is 52.7 Å². The highest BCUT2D eigenvalue weighted by atomic mass is 19.1. The number of aromatic nitrogens is 1. The molecule has 1 atom stereocenters. The molecule has 8 heteroatoms. The summed E-state index contributed by atoms with van der Waals surface area (Å²) in [5.41, 5.74) is 11.2. The lowest BCUT2D eigenvalue weighted by Gasteiger charge is -2.24. The van der Waals surface area contributed by atoms with Gasteiger partial charge in [0, 0.05) is 36.3 Å². The molecule has 0 saturated carbocycles. The zero-order chi connectivity index (χ0) is 24.1. The number of methoxy groups -OCH3 is 1. The van der Waals surface area contributed by atoms with Crippen LogP contribution in [0.2, 0.25) is 0 Å². The Bertz CT molecular complexity index is 1150. The molecular weight excluding hydrogens is 431 g/mol. The highest BCUT2D eigenvalue weighted by Crippen LogP contribution is 2.29. The second kappa shape index (κ2) is 10.4. The van der Waals surface area contributed by atoms with Gasteiger partial charge in [0.15, 0.2) is 11.5 Å². The molecule has 5 N–H and O–H groups in total. The minimum Gasteiger partial charge on any atom is -0.479 e. The van der Waals surface area contributed by atoms with Crippen LogP contribution in [0, 0.1) is 5.82 Å². The zero-order valence-electron chi connectivity index (χ0n) is 20.0. The van der Waals surface area contributed by atoms with Crippen molar-refractivity contribution >= 4 is 11.4 Å². The molecule has 1 aromatic heterocycles. The third-order valence-corrected chi connectivity index (χ3v) is 5.84. The van der Waals surface area contributed by atoms with Crippen molar-refractivity contribution < 1.29 is 14.6 Å². The summed E-state index contributed by atoms with van der Waals surface area (Å²) < 4.78 is 18.9. The first kappa shape index (κ1) is 23.4. The average Bonchev–Trinajstić information content (AvgIpc) is 3.08. The van der Waals surface area contributed by atoms with E-state index in [1.165, 1.54) is 12.1 Å². The molecule has 3 heterocycles. The number of nitrogens with zero attached hydrogens (tertiary/aromatic N) is 2. The van der Waals surface area contributed by atoms with Gasteiger partial charge in [-0.15, -0.1) is 0 Å². The van der Waals surface area contributed by atoms with E-state index < -0.39 is 0 Å². The van der Waals surface area contributed by atoms with Crippen molar-refractivity contribution in [1.82, 2.24) is 21.0 Å². The molecule has 34 heavy (non-hydrogen) atoms. The van der Waals surface area contributed by atoms with E-state index >= 15 is 0 Å². The van der Waals surface area contributed by atoms with Crippen LogP contribution in [-0.2, 0) is 0 Å². The Morgan fingerprint density at radius 3 is 2.76 bits per heavy atom. The summed E-state index contributed by atoms with van der Waals surface area (Å²) in [5, 5.41) is 6.82. The summed E-state index contributed by atoms with van der Waals surface area (Å²) >= 11 is 0. The Balaban J connectivity index is 1.58. The molecule has 2 aliphatic heterocycles. The van der Waals surface area contributed by atoms with Gasteiger partial charge in [-0.2, -0.15) is 0 Å². The number of allylic oxidation sites excluding steroid dienone is 3. The topological polar surface area (TPSA) is 78.1 Å². The van der Waals surface area contributed by atoms with Gasteiger partial charge in [0.05, 0.1) is 13.2 Å². The molecule has 1 unspecified atom stereocenters. The van der Waals surface area contributed by atoms with Gasteiger partial charge in [-0.05, 0) is 56.2 Å². The number of hydrogen-bond donors (Lipinski definition) is 4. The number of nitrogens with one attached hydrogen (secondary N) is 3. The first-order valence-corrected chi connectivity index (χ1v) is 11.5. The Labute approximate surface area is 200 Å². The number of quaternary nitrogens is 1. The molecule has 0 fully saturated rings. The summed E-state index contributed by atoms with van der Waals surface area (Å²) in [6.45, 7) is 6.99. The van der Waals surface area contributed by atoms with E-state index in [9.17, 15) is 4.39 Å². The third-order valence-electron chi connectivity index (χ3n) is 5.84. The lowest BCUT2D eigenvalue weighted by molar-refractivity contribution is -0.620. The lowest BCUT2D eigenvalue weighted by atomic mass is 10.1. The number of anilines is 1. The van der Waals surface area contributed by atoms with E-state index in [4.69, 9.17) is 9.72 Å². The van der Waals surface area contributed by atoms with Crippen molar-refractivity contribution in [3.8, 4) is 5.88 Å². The van der Waals surface area contributed by atoms with Crippen LogP contribution >= 0.6 is 0 Å². The summed E-state index contributed by atoms with van der Waals surface area (Å²) in [6, 6.07) is 10.6. The highest BCUT2D eigenvalue weighted by molar-refractivity contribution is 5.66. The number of hydrogen-bond acceptors (Lipinski definition) is 6. The summed E-state index contributed by atoms with van der Waals surface area (Å²) in [5.74, 6) is 1.26. The predicted octanol–water partition coefficient (Wildman–Crippen LogP) is 3.41. The van der Waals surface area contributed by atoms with Gasteiger partial charge < -0.3 is 20.3 Å². The molecule has 7 nitrogen and oxygen atoms in total. The standard InChI is InChI=1S/C26H31FN6O/c1-5-19-15-23(31-32-25(19)29-18(3)20-7-9-21(27)10-8-20)22-11-12-24(26(30-22)34-4)33-14-6-13-28-17(2)16-33/h6-12,14-16,18,28-29,31-32H,5,13H2,1-4H3/p+1. The van der Waals surface area contributed by atoms with Crippen LogP contribution in [0.25, 0.3) is 5.70 Å².